The first-order valence-electron chi connectivity index (χ1n) is 6.04. The van der Waals surface area contributed by atoms with Crippen LogP contribution in [0.15, 0.2) is 30.3 Å². The van der Waals surface area contributed by atoms with E-state index in [0.29, 0.717) is 36.9 Å². The lowest BCUT2D eigenvalue weighted by atomic mass is 10.1. The van der Waals surface area contributed by atoms with E-state index in [1.165, 1.54) is 0 Å². The summed E-state index contributed by atoms with van der Waals surface area (Å²) in [5.41, 5.74) is 2.32. The van der Waals surface area contributed by atoms with Gasteiger partial charge in [-0.1, -0.05) is 58.5 Å². The highest BCUT2D eigenvalue weighted by Crippen LogP contribution is 2.32. The topological polar surface area (TPSA) is 25.8 Å². The van der Waals surface area contributed by atoms with Gasteiger partial charge in [0.25, 0.3) is 0 Å². The molecule has 0 amide bonds. The molecule has 0 aliphatic heterocycles. The van der Waals surface area contributed by atoms with Crippen LogP contribution in [0.5, 0.6) is 0 Å². The van der Waals surface area contributed by atoms with Gasteiger partial charge in [-0.2, -0.15) is 0 Å². The number of rotatable bonds is 1. The smallest absolute Gasteiger partial charge is 0.161 e. The number of hydrogen-bond donors (Lipinski definition) is 0. The molecular weight excluding hydrogens is 350 g/mol. The minimum atomic E-state index is 0.302. The second kappa shape index (κ2) is 5.62. The highest BCUT2D eigenvalue weighted by atomic mass is 35.5. The molecular formula is C15H8Cl4N2. The van der Waals surface area contributed by atoms with Gasteiger partial charge in [-0.15, -0.1) is 0 Å². The third-order valence-electron chi connectivity index (χ3n) is 3.10. The van der Waals surface area contributed by atoms with Crippen LogP contribution in [0.25, 0.3) is 22.3 Å². The van der Waals surface area contributed by atoms with Gasteiger partial charge in [0.1, 0.15) is 5.15 Å². The van der Waals surface area contributed by atoms with Crippen molar-refractivity contribution in [3.63, 3.8) is 0 Å². The molecule has 0 saturated heterocycles. The summed E-state index contributed by atoms with van der Waals surface area (Å²) in [6.45, 7) is 1.93. The SMILES string of the molecule is Cc1ccc(-c2nc(Cl)c3cc(Cl)cc(Cl)c3n2)cc1Cl. The van der Waals surface area contributed by atoms with Gasteiger partial charge in [-0.25, -0.2) is 9.97 Å². The molecule has 2 aromatic carbocycles. The summed E-state index contributed by atoms with van der Waals surface area (Å²) >= 11 is 24.5. The zero-order valence-electron chi connectivity index (χ0n) is 10.8. The third kappa shape index (κ3) is 2.82. The van der Waals surface area contributed by atoms with Crippen molar-refractivity contribution in [1.82, 2.24) is 9.97 Å². The van der Waals surface area contributed by atoms with Crippen LogP contribution >= 0.6 is 46.4 Å². The van der Waals surface area contributed by atoms with Gasteiger partial charge in [0.05, 0.1) is 10.5 Å². The summed E-state index contributed by atoms with van der Waals surface area (Å²) in [4.78, 5) is 8.78. The fourth-order valence-electron chi connectivity index (χ4n) is 1.98. The Morgan fingerprint density at radius 1 is 0.857 bits per heavy atom. The molecule has 0 bridgehead atoms. The van der Waals surface area contributed by atoms with E-state index in [9.17, 15) is 0 Å². The van der Waals surface area contributed by atoms with E-state index >= 15 is 0 Å². The Morgan fingerprint density at radius 3 is 2.33 bits per heavy atom. The average molecular weight is 358 g/mol. The van der Waals surface area contributed by atoms with Crippen LogP contribution < -0.4 is 0 Å². The number of fused-ring (bicyclic) bond motifs is 1. The van der Waals surface area contributed by atoms with Crippen LogP contribution in [0, 0.1) is 6.92 Å². The molecule has 2 nitrogen and oxygen atoms in total. The lowest BCUT2D eigenvalue weighted by molar-refractivity contribution is 1.22. The summed E-state index contributed by atoms with van der Waals surface area (Å²) in [6, 6.07) is 8.92. The Labute approximate surface area is 141 Å². The first kappa shape index (κ1) is 14.9. The predicted molar refractivity (Wildman–Crippen MR) is 89.8 cm³/mol. The summed E-state index contributed by atoms with van der Waals surface area (Å²) < 4.78 is 0. The van der Waals surface area contributed by atoms with Crippen molar-refractivity contribution in [2.24, 2.45) is 0 Å². The fraction of sp³-hybridized carbons (Fsp3) is 0.0667. The first-order valence-corrected chi connectivity index (χ1v) is 7.55. The van der Waals surface area contributed by atoms with Crippen LogP contribution in [0.2, 0.25) is 20.2 Å². The molecule has 0 fully saturated rings. The maximum atomic E-state index is 6.23. The van der Waals surface area contributed by atoms with Gasteiger partial charge >= 0.3 is 0 Å². The van der Waals surface area contributed by atoms with E-state index in [1.54, 1.807) is 18.2 Å². The zero-order chi connectivity index (χ0) is 15.1. The first-order chi connectivity index (χ1) is 9.95. The normalized spacial score (nSPS) is 11.1. The van der Waals surface area contributed by atoms with Crippen molar-refractivity contribution in [3.8, 4) is 11.4 Å². The van der Waals surface area contributed by atoms with Crippen molar-refractivity contribution in [2.75, 3.05) is 0 Å². The van der Waals surface area contributed by atoms with E-state index in [2.05, 4.69) is 9.97 Å². The number of halogens is 4. The molecule has 0 aliphatic rings. The quantitative estimate of drug-likeness (QED) is 0.483. The maximum absolute atomic E-state index is 6.23. The Kier molecular flexibility index (Phi) is 3.98. The van der Waals surface area contributed by atoms with E-state index in [-0.39, 0.29) is 0 Å². The largest absolute Gasteiger partial charge is 0.226 e. The fourth-order valence-corrected chi connectivity index (χ4v) is 2.92. The number of benzene rings is 2. The van der Waals surface area contributed by atoms with E-state index in [1.807, 2.05) is 19.1 Å². The molecule has 3 aromatic rings. The highest BCUT2D eigenvalue weighted by molar-refractivity contribution is 6.41. The number of hydrogen-bond acceptors (Lipinski definition) is 2. The third-order valence-corrected chi connectivity index (χ3v) is 4.30. The van der Waals surface area contributed by atoms with Crippen molar-refractivity contribution in [1.29, 1.82) is 0 Å². The number of nitrogens with zero attached hydrogens (tertiary/aromatic N) is 2. The van der Waals surface area contributed by atoms with Gasteiger partial charge in [0.15, 0.2) is 5.82 Å². The van der Waals surface area contributed by atoms with E-state index < -0.39 is 0 Å². The summed E-state index contributed by atoms with van der Waals surface area (Å²) in [6.07, 6.45) is 0. The second-order valence-electron chi connectivity index (χ2n) is 4.59. The number of aromatic nitrogens is 2. The molecule has 0 unspecified atom stereocenters. The Bertz CT molecular complexity index is 862. The van der Waals surface area contributed by atoms with Gasteiger partial charge in [-0.05, 0) is 30.7 Å². The molecule has 0 N–H and O–H groups in total. The number of aryl methyl sites for hydroxylation is 1. The van der Waals surface area contributed by atoms with Crippen molar-refractivity contribution >= 4 is 57.3 Å². The molecule has 0 aliphatic carbocycles. The minimum absolute atomic E-state index is 0.302. The lowest BCUT2D eigenvalue weighted by Gasteiger charge is -2.07. The van der Waals surface area contributed by atoms with E-state index in [0.717, 1.165) is 11.1 Å². The molecule has 1 heterocycles. The Hall–Kier alpha value is -1.06. The van der Waals surface area contributed by atoms with Crippen LogP contribution in [-0.4, -0.2) is 9.97 Å². The Balaban J connectivity index is 2.27. The Morgan fingerprint density at radius 2 is 1.62 bits per heavy atom. The minimum Gasteiger partial charge on any atom is -0.226 e. The van der Waals surface area contributed by atoms with Crippen LogP contribution in [0.1, 0.15) is 5.56 Å². The monoisotopic (exact) mass is 356 g/mol. The summed E-state index contributed by atoms with van der Waals surface area (Å²) in [5, 5.41) is 2.49. The van der Waals surface area contributed by atoms with Crippen LogP contribution in [0.3, 0.4) is 0 Å². The van der Waals surface area contributed by atoms with Crippen molar-refractivity contribution < 1.29 is 0 Å². The molecule has 3 rings (SSSR count). The molecule has 0 saturated carbocycles. The molecule has 1 aromatic heterocycles. The van der Waals surface area contributed by atoms with Gasteiger partial charge in [-0.3, -0.25) is 0 Å². The van der Waals surface area contributed by atoms with Gasteiger partial charge in [0.2, 0.25) is 0 Å². The standard InChI is InChI=1S/C15H8Cl4N2/c1-7-2-3-8(4-11(7)17)15-20-13-10(14(19)21-15)5-9(16)6-12(13)18/h2-6H,1H3. The lowest BCUT2D eigenvalue weighted by Crippen LogP contribution is -1.93. The molecule has 106 valence electrons. The maximum Gasteiger partial charge on any atom is 0.161 e. The molecule has 0 spiro atoms. The molecule has 0 atom stereocenters. The average Bonchev–Trinajstić information content (AvgIpc) is 2.43. The van der Waals surface area contributed by atoms with Gasteiger partial charge < -0.3 is 0 Å². The van der Waals surface area contributed by atoms with Gasteiger partial charge in [0, 0.05) is 21.0 Å². The van der Waals surface area contributed by atoms with Crippen molar-refractivity contribution in [3.05, 3.63) is 56.1 Å². The van der Waals surface area contributed by atoms with Crippen LogP contribution in [0.4, 0.5) is 0 Å². The second-order valence-corrected chi connectivity index (χ2v) is 6.19. The molecule has 0 radical (unpaired) electrons. The zero-order valence-corrected chi connectivity index (χ0v) is 13.8. The summed E-state index contributed by atoms with van der Waals surface area (Å²) in [7, 11) is 0. The highest BCUT2D eigenvalue weighted by Gasteiger charge is 2.12. The summed E-state index contributed by atoms with van der Waals surface area (Å²) in [5.74, 6) is 0.471. The van der Waals surface area contributed by atoms with E-state index in [4.69, 9.17) is 46.4 Å². The predicted octanol–water partition coefficient (Wildman–Crippen LogP) is 6.22. The van der Waals surface area contributed by atoms with Crippen LogP contribution in [-0.2, 0) is 0 Å². The molecule has 6 heteroatoms. The molecule has 21 heavy (non-hydrogen) atoms. The van der Waals surface area contributed by atoms with Crippen molar-refractivity contribution in [2.45, 2.75) is 6.92 Å².